The van der Waals surface area contributed by atoms with Crippen LogP contribution in [0.3, 0.4) is 0 Å². The third-order valence-corrected chi connectivity index (χ3v) is 6.22. The smallest absolute Gasteiger partial charge is 0.321 e. The number of aryl methyl sites for hydroxylation is 2. The zero-order valence-corrected chi connectivity index (χ0v) is 16.0. The number of carbonyl (C=O) groups excluding carboxylic acids is 1. The van der Waals surface area contributed by atoms with Crippen molar-refractivity contribution < 1.29 is 4.79 Å². The average molecular weight is 388 g/mol. The second kappa shape index (κ2) is 8.08. The number of hydrogen-bond donors (Lipinski definition) is 3. The Morgan fingerprint density at radius 1 is 1.26 bits per heavy atom. The molecule has 0 aromatic carbocycles. The molecule has 0 bridgehead atoms. The minimum absolute atomic E-state index is 0.160. The van der Waals surface area contributed by atoms with Gasteiger partial charge in [-0.1, -0.05) is 0 Å². The van der Waals surface area contributed by atoms with Crippen molar-refractivity contribution in [2.24, 2.45) is 0 Å². The number of aromatic nitrogens is 3. The number of nitrogens with zero attached hydrogens (tertiary/aromatic N) is 3. The highest BCUT2D eigenvalue weighted by Gasteiger charge is 2.24. The van der Waals surface area contributed by atoms with Crippen LogP contribution in [0.1, 0.15) is 42.7 Å². The summed E-state index contributed by atoms with van der Waals surface area (Å²) in [5.74, 6) is 0.745. The number of carbonyl (C=O) groups is 1. The number of anilines is 2. The standard InChI is InChI=1S/C18H24N6O2S/c25-16-9-8-15(22-23-16)24-10-4-3-5-12(24)11-19-17(26)21-18-20-13-6-1-2-7-14(13)27-18/h8-9,12H,1-7,10-11H2,(H,23,25)(H2,19,20,21,26). The Bertz CT molecular complexity index is 820. The maximum absolute atomic E-state index is 12.3. The fourth-order valence-electron chi connectivity index (χ4n) is 3.77. The van der Waals surface area contributed by atoms with E-state index in [4.69, 9.17) is 0 Å². The molecule has 1 aliphatic heterocycles. The lowest BCUT2D eigenvalue weighted by atomic mass is 10.0. The molecule has 2 aromatic rings. The lowest BCUT2D eigenvalue weighted by Crippen LogP contribution is -2.48. The summed E-state index contributed by atoms with van der Waals surface area (Å²) in [6, 6.07) is 3.16. The van der Waals surface area contributed by atoms with Gasteiger partial charge in [0.25, 0.3) is 5.56 Å². The number of aromatic amines is 1. The Hall–Kier alpha value is -2.42. The quantitative estimate of drug-likeness (QED) is 0.746. The first kappa shape index (κ1) is 18.0. The van der Waals surface area contributed by atoms with Crippen LogP contribution in [0.4, 0.5) is 15.7 Å². The molecule has 144 valence electrons. The minimum atomic E-state index is -0.221. The summed E-state index contributed by atoms with van der Waals surface area (Å²) < 4.78 is 0. The molecule has 4 rings (SSSR count). The van der Waals surface area contributed by atoms with Gasteiger partial charge in [-0.2, -0.15) is 5.10 Å². The van der Waals surface area contributed by atoms with E-state index in [-0.39, 0.29) is 17.6 Å². The minimum Gasteiger partial charge on any atom is -0.350 e. The highest BCUT2D eigenvalue weighted by Crippen LogP contribution is 2.29. The molecule has 2 aliphatic rings. The van der Waals surface area contributed by atoms with Crippen LogP contribution < -0.4 is 21.1 Å². The number of amides is 2. The number of hydrogen-bond acceptors (Lipinski definition) is 6. The van der Waals surface area contributed by atoms with E-state index >= 15 is 0 Å². The Morgan fingerprint density at radius 2 is 2.15 bits per heavy atom. The van der Waals surface area contributed by atoms with Gasteiger partial charge in [0.2, 0.25) is 0 Å². The van der Waals surface area contributed by atoms with Crippen molar-refractivity contribution in [3.63, 3.8) is 0 Å². The molecule has 3 N–H and O–H groups in total. The lowest BCUT2D eigenvalue weighted by molar-refractivity contribution is 0.250. The second-order valence-electron chi connectivity index (χ2n) is 7.05. The van der Waals surface area contributed by atoms with Crippen LogP contribution >= 0.6 is 11.3 Å². The Labute approximate surface area is 161 Å². The number of thiazole rings is 1. The van der Waals surface area contributed by atoms with Crippen LogP contribution in [0, 0.1) is 0 Å². The summed E-state index contributed by atoms with van der Waals surface area (Å²) in [6.07, 6.45) is 7.64. The predicted octanol–water partition coefficient (Wildman–Crippen LogP) is 2.29. The van der Waals surface area contributed by atoms with E-state index in [9.17, 15) is 9.59 Å². The molecule has 1 atom stereocenters. The maximum atomic E-state index is 12.3. The molecular formula is C18H24N6O2S. The molecule has 0 spiro atoms. The largest absolute Gasteiger partial charge is 0.350 e. The van der Waals surface area contributed by atoms with Gasteiger partial charge in [0.1, 0.15) is 5.82 Å². The molecule has 1 unspecified atom stereocenters. The van der Waals surface area contributed by atoms with E-state index in [0.29, 0.717) is 11.7 Å². The van der Waals surface area contributed by atoms with Crippen LogP contribution in [-0.4, -0.2) is 40.3 Å². The van der Waals surface area contributed by atoms with Crippen molar-refractivity contribution in [1.29, 1.82) is 0 Å². The third kappa shape index (κ3) is 4.29. The third-order valence-electron chi connectivity index (χ3n) is 5.15. The first-order valence-electron chi connectivity index (χ1n) is 9.55. The lowest BCUT2D eigenvalue weighted by Gasteiger charge is -2.36. The van der Waals surface area contributed by atoms with Gasteiger partial charge in [0.15, 0.2) is 5.13 Å². The van der Waals surface area contributed by atoms with Crippen LogP contribution in [0.15, 0.2) is 16.9 Å². The van der Waals surface area contributed by atoms with Crippen molar-refractivity contribution in [1.82, 2.24) is 20.5 Å². The van der Waals surface area contributed by atoms with Crippen molar-refractivity contribution in [3.8, 4) is 0 Å². The van der Waals surface area contributed by atoms with Gasteiger partial charge in [-0.3, -0.25) is 10.1 Å². The molecule has 2 amide bonds. The normalized spacial score (nSPS) is 19.4. The van der Waals surface area contributed by atoms with Gasteiger partial charge in [0, 0.05) is 30.1 Å². The monoisotopic (exact) mass is 388 g/mol. The maximum Gasteiger partial charge on any atom is 0.321 e. The molecular weight excluding hydrogens is 364 g/mol. The summed E-state index contributed by atoms with van der Waals surface area (Å²) in [4.78, 5) is 31.6. The van der Waals surface area contributed by atoms with Crippen LogP contribution in [0.25, 0.3) is 0 Å². The van der Waals surface area contributed by atoms with Gasteiger partial charge in [0.05, 0.1) is 5.69 Å². The number of piperidine rings is 1. The Balaban J connectivity index is 1.34. The Morgan fingerprint density at radius 3 is 2.96 bits per heavy atom. The van der Waals surface area contributed by atoms with Gasteiger partial charge in [-0.15, -0.1) is 11.3 Å². The molecule has 2 aromatic heterocycles. The molecule has 8 nitrogen and oxygen atoms in total. The van der Waals surface area contributed by atoms with E-state index in [1.807, 2.05) is 0 Å². The predicted molar refractivity (Wildman–Crippen MR) is 106 cm³/mol. The van der Waals surface area contributed by atoms with Gasteiger partial charge in [-0.25, -0.2) is 14.9 Å². The van der Waals surface area contributed by atoms with Gasteiger partial charge in [-0.05, 0) is 51.0 Å². The van der Waals surface area contributed by atoms with Crippen molar-refractivity contribution in [3.05, 3.63) is 33.1 Å². The van der Waals surface area contributed by atoms with E-state index in [1.165, 1.54) is 23.8 Å². The summed E-state index contributed by atoms with van der Waals surface area (Å²) in [5.41, 5.74) is 0.931. The fraction of sp³-hybridized carbons (Fsp3) is 0.556. The molecule has 3 heterocycles. The van der Waals surface area contributed by atoms with E-state index in [2.05, 4.69) is 30.7 Å². The zero-order valence-electron chi connectivity index (χ0n) is 15.2. The number of rotatable bonds is 4. The van der Waals surface area contributed by atoms with E-state index < -0.39 is 0 Å². The molecule has 1 saturated heterocycles. The van der Waals surface area contributed by atoms with Crippen LogP contribution in [-0.2, 0) is 12.8 Å². The zero-order chi connectivity index (χ0) is 18.6. The first-order chi connectivity index (χ1) is 13.2. The van der Waals surface area contributed by atoms with E-state index in [0.717, 1.165) is 50.2 Å². The highest BCUT2D eigenvalue weighted by atomic mass is 32.1. The number of H-pyrrole nitrogens is 1. The summed E-state index contributed by atoms with van der Waals surface area (Å²) in [7, 11) is 0. The van der Waals surface area contributed by atoms with Crippen molar-refractivity contribution in [2.75, 3.05) is 23.3 Å². The fourth-order valence-corrected chi connectivity index (χ4v) is 4.81. The Kier molecular flexibility index (Phi) is 5.38. The number of urea groups is 1. The van der Waals surface area contributed by atoms with Crippen LogP contribution in [0.5, 0.6) is 0 Å². The van der Waals surface area contributed by atoms with Gasteiger partial charge < -0.3 is 10.2 Å². The molecule has 0 radical (unpaired) electrons. The molecule has 0 saturated carbocycles. The summed E-state index contributed by atoms with van der Waals surface area (Å²) in [6.45, 7) is 1.39. The van der Waals surface area contributed by atoms with Gasteiger partial charge >= 0.3 is 6.03 Å². The first-order valence-corrected chi connectivity index (χ1v) is 10.4. The number of fused-ring (bicyclic) bond motifs is 1. The summed E-state index contributed by atoms with van der Waals surface area (Å²) in [5, 5.41) is 13.1. The molecule has 1 fully saturated rings. The average Bonchev–Trinajstić information content (AvgIpc) is 3.09. The topological polar surface area (TPSA) is 103 Å². The molecule has 1 aliphatic carbocycles. The summed E-state index contributed by atoms with van der Waals surface area (Å²) >= 11 is 1.59. The molecule has 27 heavy (non-hydrogen) atoms. The second-order valence-corrected chi connectivity index (χ2v) is 8.14. The van der Waals surface area contributed by atoms with Crippen molar-refractivity contribution >= 4 is 28.3 Å². The SMILES string of the molecule is O=C(NCC1CCCCN1c1ccc(=O)[nH]n1)Nc1nc2c(s1)CCCC2. The van der Waals surface area contributed by atoms with Crippen LogP contribution in [0.2, 0.25) is 0 Å². The highest BCUT2D eigenvalue weighted by molar-refractivity contribution is 7.15. The van der Waals surface area contributed by atoms with Crippen molar-refractivity contribution in [2.45, 2.75) is 51.0 Å². The van der Waals surface area contributed by atoms with E-state index in [1.54, 1.807) is 17.4 Å². The number of nitrogens with one attached hydrogen (secondary N) is 3. The molecule has 9 heteroatoms.